The molecule has 2 fully saturated rings. The van der Waals surface area contributed by atoms with Crippen molar-refractivity contribution in [2.45, 2.75) is 17.7 Å². The molecule has 9 heteroatoms. The Hall–Kier alpha value is -1.22. The van der Waals surface area contributed by atoms with Crippen molar-refractivity contribution in [2.24, 2.45) is 5.92 Å². The molecular formula is C16H20ClFN2O4S. The first-order valence-electron chi connectivity index (χ1n) is 8.21. The number of sulfonamides is 1. The van der Waals surface area contributed by atoms with E-state index in [2.05, 4.69) is 0 Å². The van der Waals surface area contributed by atoms with Gasteiger partial charge in [-0.3, -0.25) is 4.79 Å². The molecule has 1 aromatic rings. The van der Waals surface area contributed by atoms with Crippen molar-refractivity contribution in [2.75, 3.05) is 39.4 Å². The number of nitrogens with zero attached hydrogens (tertiary/aromatic N) is 2. The molecule has 0 aromatic heterocycles. The van der Waals surface area contributed by atoms with Crippen LogP contribution >= 0.6 is 11.6 Å². The van der Waals surface area contributed by atoms with Crippen LogP contribution in [0.5, 0.6) is 0 Å². The minimum Gasteiger partial charge on any atom is -0.378 e. The molecule has 2 saturated heterocycles. The van der Waals surface area contributed by atoms with Crippen molar-refractivity contribution in [1.82, 2.24) is 9.21 Å². The Morgan fingerprint density at radius 1 is 1.16 bits per heavy atom. The number of halogens is 2. The predicted octanol–water partition coefficient (Wildman–Crippen LogP) is 1.74. The first kappa shape index (κ1) is 18.6. The number of hydrogen-bond donors (Lipinski definition) is 0. The number of amides is 1. The van der Waals surface area contributed by atoms with E-state index < -0.39 is 15.8 Å². The molecule has 2 aliphatic heterocycles. The predicted molar refractivity (Wildman–Crippen MR) is 90.3 cm³/mol. The Balaban J connectivity index is 1.66. The Morgan fingerprint density at radius 3 is 2.40 bits per heavy atom. The first-order chi connectivity index (χ1) is 11.9. The van der Waals surface area contributed by atoms with Crippen molar-refractivity contribution in [3.05, 3.63) is 29.0 Å². The summed E-state index contributed by atoms with van der Waals surface area (Å²) in [6.07, 6.45) is 0.933. The molecule has 0 saturated carbocycles. The van der Waals surface area contributed by atoms with Crippen molar-refractivity contribution in [3.8, 4) is 0 Å². The Labute approximate surface area is 151 Å². The third-order valence-corrected chi connectivity index (χ3v) is 7.02. The molecule has 0 spiro atoms. The molecule has 138 valence electrons. The van der Waals surface area contributed by atoms with Crippen LogP contribution in [-0.2, 0) is 19.6 Å². The second-order valence-corrected chi connectivity index (χ2v) is 8.50. The molecule has 1 aromatic carbocycles. The van der Waals surface area contributed by atoms with Gasteiger partial charge < -0.3 is 9.64 Å². The fourth-order valence-corrected chi connectivity index (χ4v) is 5.18. The standard InChI is InChI=1S/C16H20ClFN2O4S/c17-14-11-13(18)1-2-15(14)25(22,23)20-5-3-12(4-6-20)16(21)19-7-9-24-10-8-19/h1-2,11-12H,3-10H2. The minimum atomic E-state index is -3.79. The Morgan fingerprint density at radius 2 is 1.80 bits per heavy atom. The fourth-order valence-electron chi connectivity index (χ4n) is 3.21. The lowest BCUT2D eigenvalue weighted by atomic mass is 9.96. The van der Waals surface area contributed by atoms with Gasteiger partial charge in [0.05, 0.1) is 18.2 Å². The molecule has 1 amide bonds. The lowest BCUT2D eigenvalue weighted by molar-refractivity contribution is -0.140. The highest BCUT2D eigenvalue weighted by Crippen LogP contribution is 2.29. The summed E-state index contributed by atoms with van der Waals surface area (Å²) in [4.78, 5) is 14.2. The van der Waals surface area contributed by atoms with Crippen LogP contribution in [0.4, 0.5) is 4.39 Å². The van der Waals surface area contributed by atoms with E-state index in [-0.39, 0.29) is 34.8 Å². The van der Waals surface area contributed by atoms with Crippen LogP contribution in [0.15, 0.2) is 23.1 Å². The minimum absolute atomic E-state index is 0.0696. The molecule has 2 heterocycles. The largest absolute Gasteiger partial charge is 0.378 e. The number of ether oxygens (including phenoxy) is 1. The van der Waals surface area contributed by atoms with Gasteiger partial charge in [0.1, 0.15) is 10.7 Å². The molecule has 0 aliphatic carbocycles. The third-order valence-electron chi connectivity index (χ3n) is 4.64. The third kappa shape index (κ3) is 3.97. The molecular weight excluding hydrogens is 371 g/mol. The zero-order valence-corrected chi connectivity index (χ0v) is 15.2. The normalized spacial score (nSPS) is 20.6. The highest BCUT2D eigenvalue weighted by Gasteiger charge is 2.35. The van der Waals surface area contributed by atoms with Gasteiger partial charge in [-0.25, -0.2) is 12.8 Å². The summed E-state index contributed by atoms with van der Waals surface area (Å²) in [5.41, 5.74) is 0. The van der Waals surface area contributed by atoms with Crippen molar-refractivity contribution in [1.29, 1.82) is 0 Å². The zero-order chi connectivity index (χ0) is 18.0. The molecule has 0 unspecified atom stereocenters. The number of benzene rings is 1. The van der Waals surface area contributed by atoms with Crippen LogP contribution in [0.2, 0.25) is 5.02 Å². The maximum atomic E-state index is 13.2. The van der Waals surface area contributed by atoms with Crippen LogP contribution < -0.4 is 0 Å². The summed E-state index contributed by atoms with van der Waals surface area (Å²) in [5, 5.41) is -0.133. The quantitative estimate of drug-likeness (QED) is 0.788. The van der Waals surface area contributed by atoms with Gasteiger partial charge in [-0.1, -0.05) is 11.6 Å². The zero-order valence-electron chi connectivity index (χ0n) is 13.7. The maximum Gasteiger partial charge on any atom is 0.244 e. The van der Waals surface area contributed by atoms with Crippen LogP contribution in [-0.4, -0.2) is 62.9 Å². The van der Waals surface area contributed by atoms with Crippen molar-refractivity contribution < 1.29 is 22.3 Å². The van der Waals surface area contributed by atoms with Gasteiger partial charge in [0, 0.05) is 32.1 Å². The number of hydrogen-bond acceptors (Lipinski definition) is 4. The number of carbonyl (C=O) groups is 1. The van der Waals surface area contributed by atoms with Gasteiger partial charge in [-0.2, -0.15) is 4.31 Å². The fraction of sp³-hybridized carbons (Fsp3) is 0.562. The van der Waals surface area contributed by atoms with Crippen LogP contribution in [0.25, 0.3) is 0 Å². The lowest BCUT2D eigenvalue weighted by Crippen LogP contribution is -2.47. The van der Waals surface area contributed by atoms with Gasteiger partial charge in [0.2, 0.25) is 15.9 Å². The average molecular weight is 391 g/mol. The molecule has 0 atom stereocenters. The maximum absolute atomic E-state index is 13.2. The van der Waals surface area contributed by atoms with E-state index in [0.717, 1.165) is 12.1 Å². The summed E-state index contributed by atoms with van der Waals surface area (Å²) in [6.45, 7) is 2.75. The van der Waals surface area contributed by atoms with Gasteiger partial charge in [-0.05, 0) is 31.0 Å². The average Bonchev–Trinajstić information content (AvgIpc) is 2.61. The van der Waals surface area contributed by atoms with Crippen molar-refractivity contribution >= 4 is 27.5 Å². The lowest BCUT2D eigenvalue weighted by Gasteiger charge is -2.35. The van der Waals surface area contributed by atoms with Gasteiger partial charge >= 0.3 is 0 Å². The van der Waals surface area contributed by atoms with Crippen molar-refractivity contribution in [3.63, 3.8) is 0 Å². The highest BCUT2D eigenvalue weighted by atomic mass is 35.5. The summed E-state index contributed by atoms with van der Waals surface area (Å²) >= 11 is 5.90. The van der Waals surface area contributed by atoms with Gasteiger partial charge in [-0.15, -0.1) is 0 Å². The van der Waals surface area contributed by atoms with E-state index in [0.29, 0.717) is 39.1 Å². The first-order valence-corrected chi connectivity index (χ1v) is 10.0. The number of carbonyl (C=O) groups excluding carboxylic acids is 1. The highest BCUT2D eigenvalue weighted by molar-refractivity contribution is 7.89. The summed E-state index contributed by atoms with van der Waals surface area (Å²) in [7, 11) is -3.79. The molecule has 25 heavy (non-hydrogen) atoms. The SMILES string of the molecule is O=C(C1CCN(S(=O)(=O)c2ccc(F)cc2Cl)CC1)N1CCOCC1. The number of piperidine rings is 1. The topological polar surface area (TPSA) is 66.9 Å². The Kier molecular flexibility index (Phi) is 5.62. The van der Waals surface area contributed by atoms with E-state index in [1.54, 1.807) is 4.90 Å². The molecule has 6 nitrogen and oxygen atoms in total. The molecule has 0 radical (unpaired) electrons. The second-order valence-electron chi connectivity index (χ2n) is 6.19. The second kappa shape index (κ2) is 7.57. The van der Waals surface area contributed by atoms with E-state index in [4.69, 9.17) is 16.3 Å². The van der Waals surface area contributed by atoms with E-state index in [1.165, 1.54) is 10.4 Å². The smallest absolute Gasteiger partial charge is 0.244 e. The van der Waals surface area contributed by atoms with Crippen LogP contribution in [0.3, 0.4) is 0 Å². The van der Waals surface area contributed by atoms with Crippen LogP contribution in [0, 0.1) is 11.7 Å². The van der Waals surface area contributed by atoms with E-state index in [9.17, 15) is 17.6 Å². The summed E-state index contributed by atoms with van der Waals surface area (Å²) in [5.74, 6) is -0.688. The molecule has 0 N–H and O–H groups in total. The monoisotopic (exact) mass is 390 g/mol. The van der Waals surface area contributed by atoms with Crippen LogP contribution in [0.1, 0.15) is 12.8 Å². The van der Waals surface area contributed by atoms with Gasteiger partial charge in [0.15, 0.2) is 0 Å². The Bertz CT molecular complexity index is 745. The number of morpholine rings is 1. The van der Waals surface area contributed by atoms with Gasteiger partial charge in [0.25, 0.3) is 0 Å². The number of rotatable bonds is 3. The van der Waals surface area contributed by atoms with E-state index >= 15 is 0 Å². The molecule has 3 rings (SSSR count). The summed E-state index contributed by atoms with van der Waals surface area (Å²) in [6, 6.07) is 3.24. The molecule has 0 bridgehead atoms. The summed E-state index contributed by atoms with van der Waals surface area (Å²) < 4.78 is 45.1. The molecule has 2 aliphatic rings. The van der Waals surface area contributed by atoms with E-state index in [1.807, 2.05) is 0 Å².